The molecule has 0 spiro atoms. The van der Waals surface area contributed by atoms with Crippen molar-refractivity contribution >= 4 is 23.0 Å². The molecule has 2 N–H and O–H groups in total. The lowest BCUT2D eigenvalue weighted by Gasteiger charge is -2.27. The van der Waals surface area contributed by atoms with Crippen LogP contribution < -0.4 is 0 Å². The van der Waals surface area contributed by atoms with Gasteiger partial charge in [0.05, 0.1) is 18.2 Å². The molecule has 0 fully saturated rings. The van der Waals surface area contributed by atoms with Gasteiger partial charge in [0.2, 0.25) is 0 Å². The van der Waals surface area contributed by atoms with E-state index < -0.39 is 17.7 Å². The molecule has 25 heavy (non-hydrogen) atoms. The van der Waals surface area contributed by atoms with Crippen molar-refractivity contribution in [3.8, 4) is 5.75 Å². The van der Waals surface area contributed by atoms with E-state index in [1.54, 1.807) is 26.0 Å². The Labute approximate surface area is 149 Å². The van der Waals surface area contributed by atoms with Crippen LogP contribution in [0, 0.1) is 5.92 Å². The zero-order chi connectivity index (χ0) is 18.1. The number of aliphatic hydroxyl groups excluding tert-OH is 1. The van der Waals surface area contributed by atoms with Crippen LogP contribution in [0.5, 0.6) is 5.75 Å². The molecular weight excluding hydrogens is 338 g/mol. The van der Waals surface area contributed by atoms with Crippen LogP contribution in [0.15, 0.2) is 53.1 Å². The Morgan fingerprint density at radius 3 is 2.44 bits per heavy atom. The van der Waals surface area contributed by atoms with Crippen LogP contribution in [0.3, 0.4) is 0 Å². The van der Waals surface area contributed by atoms with Crippen molar-refractivity contribution in [1.82, 2.24) is 4.90 Å². The number of rotatable bonds is 5. The maximum absolute atomic E-state index is 12.7. The molecule has 0 aliphatic carbocycles. The van der Waals surface area contributed by atoms with Crippen LogP contribution in [0.25, 0.3) is 0 Å². The lowest BCUT2D eigenvalue weighted by molar-refractivity contribution is -0.130. The average Bonchev–Trinajstić information content (AvgIpc) is 3.17. The van der Waals surface area contributed by atoms with Gasteiger partial charge in [-0.15, -0.1) is 11.3 Å². The second-order valence-corrected chi connectivity index (χ2v) is 7.32. The number of carbonyl (C=O) groups is 2. The normalized spacial score (nSPS) is 17.6. The Morgan fingerprint density at radius 1 is 1.20 bits per heavy atom. The third kappa shape index (κ3) is 3.17. The second-order valence-electron chi connectivity index (χ2n) is 6.29. The number of hydrogen-bond acceptors (Lipinski definition) is 5. The molecular formula is C19H19NO4S. The zero-order valence-corrected chi connectivity index (χ0v) is 14.8. The average molecular weight is 357 g/mol. The molecule has 6 heteroatoms. The maximum Gasteiger partial charge on any atom is 0.290 e. The van der Waals surface area contributed by atoms with Gasteiger partial charge < -0.3 is 15.1 Å². The highest BCUT2D eigenvalue weighted by atomic mass is 32.1. The largest absolute Gasteiger partial charge is 0.508 e. The number of aromatic hydroxyl groups is 1. The zero-order valence-electron chi connectivity index (χ0n) is 14.0. The van der Waals surface area contributed by atoms with E-state index in [1.807, 2.05) is 17.5 Å². The number of nitrogens with zero attached hydrogens (tertiary/aromatic N) is 1. The smallest absolute Gasteiger partial charge is 0.290 e. The Morgan fingerprint density at radius 2 is 1.88 bits per heavy atom. The summed E-state index contributed by atoms with van der Waals surface area (Å²) >= 11 is 1.51. The van der Waals surface area contributed by atoms with Crippen molar-refractivity contribution in [1.29, 1.82) is 0 Å². The molecule has 2 aromatic rings. The second kappa shape index (κ2) is 6.72. The van der Waals surface area contributed by atoms with Gasteiger partial charge in [-0.3, -0.25) is 9.59 Å². The van der Waals surface area contributed by atoms with E-state index in [-0.39, 0.29) is 23.0 Å². The molecule has 1 atom stereocenters. The quantitative estimate of drug-likeness (QED) is 0.857. The lowest BCUT2D eigenvalue weighted by atomic mass is 9.91. The predicted molar refractivity (Wildman–Crippen MR) is 95.2 cm³/mol. The first-order chi connectivity index (χ1) is 11.9. The number of thiophene rings is 1. The van der Waals surface area contributed by atoms with Crippen molar-refractivity contribution in [3.63, 3.8) is 0 Å². The molecule has 1 aliphatic heterocycles. The number of ketones is 1. The number of phenols is 1. The summed E-state index contributed by atoms with van der Waals surface area (Å²) < 4.78 is 0. The topological polar surface area (TPSA) is 77.8 Å². The first-order valence-electron chi connectivity index (χ1n) is 7.99. The fourth-order valence-electron chi connectivity index (χ4n) is 2.95. The fraction of sp³-hybridized carbons (Fsp3) is 0.263. The minimum atomic E-state index is -0.662. The molecule has 2 heterocycles. The van der Waals surface area contributed by atoms with E-state index >= 15 is 0 Å². The van der Waals surface area contributed by atoms with Crippen LogP contribution in [-0.4, -0.2) is 26.8 Å². The summed E-state index contributed by atoms with van der Waals surface area (Å²) in [5.74, 6) is -1.52. The fourth-order valence-corrected chi connectivity index (χ4v) is 3.66. The molecule has 0 radical (unpaired) electrons. The molecule has 0 bridgehead atoms. The minimum Gasteiger partial charge on any atom is -0.508 e. The molecule has 130 valence electrons. The van der Waals surface area contributed by atoms with Gasteiger partial charge in [0.25, 0.3) is 5.91 Å². The Bertz CT molecular complexity index is 822. The first-order valence-corrected chi connectivity index (χ1v) is 8.87. The van der Waals surface area contributed by atoms with Crippen LogP contribution >= 0.6 is 11.3 Å². The molecule has 5 nitrogen and oxygen atoms in total. The van der Waals surface area contributed by atoms with Gasteiger partial charge in [0.1, 0.15) is 5.75 Å². The third-order valence-corrected chi connectivity index (χ3v) is 5.07. The van der Waals surface area contributed by atoms with Crippen LogP contribution in [0.1, 0.15) is 30.3 Å². The molecule has 0 saturated heterocycles. The Kier molecular flexibility index (Phi) is 4.63. The lowest BCUT2D eigenvalue weighted by Crippen LogP contribution is -2.30. The van der Waals surface area contributed by atoms with Crippen LogP contribution in [0.4, 0.5) is 0 Å². The molecule has 1 aromatic heterocycles. The van der Waals surface area contributed by atoms with Crippen LogP contribution in [-0.2, 0) is 16.1 Å². The number of carbonyl (C=O) groups excluding carboxylic acids is 2. The van der Waals surface area contributed by atoms with Gasteiger partial charge in [0, 0.05) is 10.8 Å². The monoisotopic (exact) mass is 357 g/mol. The van der Waals surface area contributed by atoms with Gasteiger partial charge in [-0.25, -0.2) is 0 Å². The molecule has 0 saturated carbocycles. The predicted octanol–water partition coefficient (Wildman–Crippen LogP) is 3.57. The summed E-state index contributed by atoms with van der Waals surface area (Å²) in [6.45, 7) is 3.78. The third-order valence-electron chi connectivity index (χ3n) is 4.21. The SMILES string of the molecule is CC(C)C(=O)C1=C(O)C(=O)N(Cc2cccs2)C1c1ccc(O)cc1. The summed E-state index contributed by atoms with van der Waals surface area (Å²) in [5.41, 5.74) is 0.804. The molecule has 1 amide bonds. The van der Waals surface area contributed by atoms with Crippen LogP contribution in [0.2, 0.25) is 0 Å². The Hall–Kier alpha value is -2.60. The number of amides is 1. The van der Waals surface area contributed by atoms with E-state index in [2.05, 4.69) is 0 Å². The van der Waals surface area contributed by atoms with Gasteiger partial charge in [-0.2, -0.15) is 0 Å². The standard InChI is InChI=1S/C19H19NO4S/c1-11(2)17(22)15-16(12-5-7-13(21)8-6-12)20(19(24)18(15)23)10-14-4-3-9-25-14/h3-9,11,16,21,23H,10H2,1-2H3. The van der Waals surface area contributed by atoms with Crippen molar-refractivity contribution in [2.24, 2.45) is 5.92 Å². The van der Waals surface area contributed by atoms with E-state index in [1.165, 1.54) is 28.4 Å². The summed E-state index contributed by atoms with van der Waals surface area (Å²) in [7, 11) is 0. The van der Waals surface area contributed by atoms with E-state index in [4.69, 9.17) is 0 Å². The minimum absolute atomic E-state index is 0.0998. The van der Waals surface area contributed by atoms with E-state index in [0.29, 0.717) is 12.1 Å². The van der Waals surface area contributed by atoms with Gasteiger partial charge in [0.15, 0.2) is 11.5 Å². The van der Waals surface area contributed by atoms with Crippen molar-refractivity contribution in [3.05, 3.63) is 63.6 Å². The van der Waals surface area contributed by atoms with Gasteiger partial charge in [-0.1, -0.05) is 32.0 Å². The number of benzene rings is 1. The highest BCUT2D eigenvalue weighted by Gasteiger charge is 2.43. The highest BCUT2D eigenvalue weighted by molar-refractivity contribution is 7.09. The highest BCUT2D eigenvalue weighted by Crippen LogP contribution is 2.40. The Balaban J connectivity index is 2.07. The summed E-state index contributed by atoms with van der Waals surface area (Å²) in [6.07, 6.45) is 0. The van der Waals surface area contributed by atoms with Gasteiger partial charge >= 0.3 is 0 Å². The first kappa shape index (κ1) is 17.2. The maximum atomic E-state index is 12.7. The summed E-state index contributed by atoms with van der Waals surface area (Å²) in [6, 6.07) is 9.49. The van der Waals surface area contributed by atoms with Crippen molar-refractivity contribution in [2.45, 2.75) is 26.4 Å². The summed E-state index contributed by atoms with van der Waals surface area (Å²) in [5, 5.41) is 21.8. The summed E-state index contributed by atoms with van der Waals surface area (Å²) in [4.78, 5) is 27.8. The number of aliphatic hydroxyl groups is 1. The van der Waals surface area contributed by atoms with E-state index in [9.17, 15) is 19.8 Å². The number of Topliss-reactive ketones (excluding diaryl/α,β-unsaturated/α-hetero) is 1. The van der Waals surface area contributed by atoms with E-state index in [0.717, 1.165) is 4.88 Å². The number of hydrogen-bond donors (Lipinski definition) is 2. The molecule has 3 rings (SSSR count). The van der Waals surface area contributed by atoms with Gasteiger partial charge in [-0.05, 0) is 29.1 Å². The molecule has 1 aliphatic rings. The molecule has 1 aromatic carbocycles. The van der Waals surface area contributed by atoms with Crippen molar-refractivity contribution in [2.75, 3.05) is 0 Å². The number of phenolic OH excluding ortho intramolecular Hbond substituents is 1. The molecule has 1 unspecified atom stereocenters. The van der Waals surface area contributed by atoms with Crippen molar-refractivity contribution < 1.29 is 19.8 Å².